The highest BCUT2D eigenvalue weighted by Gasteiger charge is 2.33. The highest BCUT2D eigenvalue weighted by molar-refractivity contribution is 5.69. The van der Waals surface area contributed by atoms with Gasteiger partial charge in [0.05, 0.1) is 12.6 Å². The van der Waals surface area contributed by atoms with Crippen LogP contribution in [0.5, 0.6) is 0 Å². The lowest BCUT2D eigenvalue weighted by atomic mass is 10.1. The maximum atomic E-state index is 11.5. The first-order valence-corrected chi connectivity index (χ1v) is 6.48. The van der Waals surface area contributed by atoms with Crippen LogP contribution in [0, 0.1) is 0 Å². The molecule has 19 heavy (non-hydrogen) atoms. The predicted molar refractivity (Wildman–Crippen MR) is 67.9 cm³/mol. The fraction of sp³-hybridized carbons (Fsp3) is 0.833. The Bertz CT molecular complexity index is 360. The summed E-state index contributed by atoms with van der Waals surface area (Å²) in [6.07, 6.45) is -0.824. The van der Waals surface area contributed by atoms with Crippen LogP contribution in [0.2, 0.25) is 0 Å². The van der Waals surface area contributed by atoms with Gasteiger partial charge in [0.25, 0.3) is 0 Å². The van der Waals surface area contributed by atoms with Crippen LogP contribution in [0.15, 0.2) is 0 Å². The standard InChI is InChI=1S/C12H21N3O4/c1-12(2,3)19-11(17)14-8-5-15(6-8)7-9-4-13-10(16)18-9/h8-9H,4-7H2,1-3H3,(H,13,16)(H,14,17). The molecule has 7 heteroatoms. The number of nitrogens with zero attached hydrogens (tertiary/aromatic N) is 1. The Balaban J connectivity index is 1.61. The number of amides is 2. The average molecular weight is 271 g/mol. The molecule has 0 saturated carbocycles. The van der Waals surface area contributed by atoms with E-state index in [0.29, 0.717) is 13.1 Å². The van der Waals surface area contributed by atoms with Crippen LogP contribution < -0.4 is 10.6 Å². The van der Waals surface area contributed by atoms with Crippen molar-refractivity contribution < 1.29 is 19.1 Å². The molecule has 0 aromatic carbocycles. The van der Waals surface area contributed by atoms with Crippen LogP contribution in [-0.4, -0.2) is 61.0 Å². The molecule has 7 nitrogen and oxygen atoms in total. The molecule has 0 aromatic rings. The smallest absolute Gasteiger partial charge is 0.407 e. The monoisotopic (exact) mass is 271 g/mol. The van der Waals surface area contributed by atoms with E-state index in [1.54, 1.807) is 0 Å². The number of ether oxygens (including phenoxy) is 2. The zero-order chi connectivity index (χ0) is 14.0. The number of alkyl carbamates (subject to hydrolysis) is 2. The van der Waals surface area contributed by atoms with Gasteiger partial charge in [-0.3, -0.25) is 4.90 Å². The van der Waals surface area contributed by atoms with E-state index in [4.69, 9.17) is 9.47 Å². The van der Waals surface area contributed by atoms with Gasteiger partial charge in [-0.05, 0) is 20.8 Å². The van der Waals surface area contributed by atoms with Gasteiger partial charge in [0.2, 0.25) is 0 Å². The third-order valence-electron chi connectivity index (χ3n) is 2.89. The molecule has 2 fully saturated rings. The molecule has 1 atom stereocenters. The number of likely N-dealkylation sites (tertiary alicyclic amines) is 1. The van der Waals surface area contributed by atoms with E-state index in [1.165, 1.54) is 0 Å². The molecule has 1 unspecified atom stereocenters. The quantitative estimate of drug-likeness (QED) is 0.772. The van der Waals surface area contributed by atoms with E-state index in [2.05, 4.69) is 15.5 Å². The highest BCUT2D eigenvalue weighted by atomic mass is 16.6. The lowest BCUT2D eigenvalue weighted by Gasteiger charge is -2.40. The van der Waals surface area contributed by atoms with Crippen LogP contribution in [-0.2, 0) is 9.47 Å². The van der Waals surface area contributed by atoms with Gasteiger partial charge in [0, 0.05) is 19.6 Å². The fourth-order valence-corrected chi connectivity index (χ4v) is 2.11. The Morgan fingerprint density at radius 1 is 1.53 bits per heavy atom. The molecule has 0 spiro atoms. The minimum atomic E-state index is -0.475. The summed E-state index contributed by atoms with van der Waals surface area (Å²) >= 11 is 0. The number of cyclic esters (lactones) is 1. The molecule has 2 saturated heterocycles. The molecular formula is C12H21N3O4. The molecule has 0 bridgehead atoms. The van der Waals surface area contributed by atoms with Crippen LogP contribution in [0.3, 0.4) is 0 Å². The van der Waals surface area contributed by atoms with Crippen molar-refractivity contribution in [3.63, 3.8) is 0 Å². The van der Waals surface area contributed by atoms with Crippen molar-refractivity contribution in [3.8, 4) is 0 Å². The Kier molecular flexibility index (Phi) is 3.84. The molecule has 2 amide bonds. The Morgan fingerprint density at radius 2 is 2.21 bits per heavy atom. The van der Waals surface area contributed by atoms with Crippen LogP contribution >= 0.6 is 0 Å². The Morgan fingerprint density at radius 3 is 2.74 bits per heavy atom. The molecule has 0 aromatic heterocycles. The van der Waals surface area contributed by atoms with Gasteiger partial charge < -0.3 is 20.1 Å². The largest absolute Gasteiger partial charge is 0.444 e. The summed E-state index contributed by atoms with van der Waals surface area (Å²) in [5, 5.41) is 5.43. The first-order chi connectivity index (χ1) is 8.82. The minimum Gasteiger partial charge on any atom is -0.444 e. The Hall–Kier alpha value is -1.50. The molecule has 0 aliphatic carbocycles. The van der Waals surface area contributed by atoms with Crippen LogP contribution in [0.4, 0.5) is 9.59 Å². The first kappa shape index (κ1) is 13.9. The summed E-state index contributed by atoms with van der Waals surface area (Å²) in [6.45, 7) is 8.27. The maximum Gasteiger partial charge on any atom is 0.407 e. The second-order valence-corrected chi connectivity index (χ2v) is 5.97. The summed E-state index contributed by atoms with van der Waals surface area (Å²) in [7, 11) is 0. The van der Waals surface area contributed by atoms with E-state index < -0.39 is 5.60 Å². The number of carbonyl (C=O) groups excluding carboxylic acids is 2. The minimum absolute atomic E-state index is 0.0880. The Labute approximate surface area is 112 Å². The molecular weight excluding hydrogens is 250 g/mol. The van der Waals surface area contributed by atoms with Gasteiger partial charge in [0.15, 0.2) is 0 Å². The number of rotatable bonds is 3. The fourth-order valence-electron chi connectivity index (χ4n) is 2.11. The van der Waals surface area contributed by atoms with E-state index in [9.17, 15) is 9.59 Å². The zero-order valence-electron chi connectivity index (χ0n) is 11.6. The van der Waals surface area contributed by atoms with E-state index >= 15 is 0 Å². The maximum absolute atomic E-state index is 11.5. The summed E-state index contributed by atoms with van der Waals surface area (Å²) < 4.78 is 10.2. The molecule has 2 aliphatic heterocycles. The van der Waals surface area contributed by atoms with Crippen molar-refractivity contribution in [2.75, 3.05) is 26.2 Å². The van der Waals surface area contributed by atoms with Crippen LogP contribution in [0.25, 0.3) is 0 Å². The van der Waals surface area contributed by atoms with E-state index in [1.807, 2.05) is 20.8 Å². The van der Waals surface area contributed by atoms with Crippen molar-refractivity contribution in [2.24, 2.45) is 0 Å². The van der Waals surface area contributed by atoms with Crippen molar-refractivity contribution >= 4 is 12.2 Å². The van der Waals surface area contributed by atoms with Gasteiger partial charge in [-0.15, -0.1) is 0 Å². The SMILES string of the molecule is CC(C)(C)OC(=O)NC1CN(CC2CNC(=O)O2)C1. The van der Waals surface area contributed by atoms with Gasteiger partial charge in [-0.1, -0.05) is 0 Å². The summed E-state index contributed by atoms with van der Waals surface area (Å²) in [6, 6.07) is 0.111. The van der Waals surface area contributed by atoms with Crippen molar-refractivity contribution in [2.45, 2.75) is 38.5 Å². The average Bonchev–Trinajstić information content (AvgIpc) is 2.58. The molecule has 108 valence electrons. The number of hydrogen-bond donors (Lipinski definition) is 2. The number of nitrogens with one attached hydrogen (secondary N) is 2. The van der Waals surface area contributed by atoms with Crippen molar-refractivity contribution in [1.82, 2.24) is 15.5 Å². The van der Waals surface area contributed by atoms with E-state index in [-0.39, 0.29) is 24.3 Å². The highest BCUT2D eigenvalue weighted by Crippen LogP contribution is 2.13. The third-order valence-corrected chi connectivity index (χ3v) is 2.89. The van der Waals surface area contributed by atoms with Gasteiger partial charge in [0.1, 0.15) is 11.7 Å². The predicted octanol–water partition coefficient (Wildman–Crippen LogP) is 0.304. The second-order valence-electron chi connectivity index (χ2n) is 5.97. The summed E-state index contributed by atoms with van der Waals surface area (Å²) in [5.41, 5.74) is -0.475. The lowest BCUT2D eigenvalue weighted by Crippen LogP contribution is -2.61. The lowest BCUT2D eigenvalue weighted by molar-refractivity contribution is 0.0326. The van der Waals surface area contributed by atoms with Gasteiger partial charge >= 0.3 is 12.2 Å². The first-order valence-electron chi connectivity index (χ1n) is 6.48. The number of carbonyl (C=O) groups is 2. The van der Waals surface area contributed by atoms with Gasteiger partial charge in [-0.25, -0.2) is 9.59 Å². The van der Waals surface area contributed by atoms with Crippen LogP contribution in [0.1, 0.15) is 20.8 Å². The molecule has 2 aliphatic rings. The topological polar surface area (TPSA) is 79.9 Å². The third kappa shape index (κ3) is 4.27. The number of hydrogen-bond acceptors (Lipinski definition) is 5. The van der Waals surface area contributed by atoms with Gasteiger partial charge in [-0.2, -0.15) is 0 Å². The van der Waals surface area contributed by atoms with Crippen molar-refractivity contribution in [1.29, 1.82) is 0 Å². The summed E-state index contributed by atoms with van der Waals surface area (Å²) in [4.78, 5) is 24.5. The van der Waals surface area contributed by atoms with E-state index in [0.717, 1.165) is 13.1 Å². The molecule has 2 heterocycles. The summed E-state index contributed by atoms with van der Waals surface area (Å²) in [5.74, 6) is 0. The zero-order valence-corrected chi connectivity index (χ0v) is 11.6. The van der Waals surface area contributed by atoms with Crippen molar-refractivity contribution in [3.05, 3.63) is 0 Å². The molecule has 2 rings (SSSR count). The molecule has 2 N–H and O–H groups in total. The normalized spacial score (nSPS) is 24.4. The molecule has 0 radical (unpaired) electrons. The second kappa shape index (κ2) is 5.24.